The third-order valence-corrected chi connectivity index (χ3v) is 4.91. The maximum Gasteiger partial charge on any atom is 0.228 e. The predicted molar refractivity (Wildman–Crippen MR) is 94.9 cm³/mol. The van der Waals surface area contributed by atoms with Gasteiger partial charge in [0.15, 0.2) is 0 Å². The number of hydrogen-bond acceptors (Lipinski definition) is 3. The number of benzene rings is 1. The summed E-state index contributed by atoms with van der Waals surface area (Å²) in [7, 11) is 0. The Labute approximate surface area is 144 Å². The fraction of sp³-hybridized carbons (Fsp3) is 0.611. The zero-order valence-corrected chi connectivity index (χ0v) is 14.7. The number of nitrogens with one attached hydrogen (secondary N) is 2. The molecule has 3 rings (SSSR count). The Bertz CT molecular complexity index is 524. The second-order valence-electron chi connectivity index (χ2n) is 6.92. The highest BCUT2D eigenvalue weighted by molar-refractivity contribution is 5.95. The Morgan fingerprint density at radius 1 is 1.30 bits per heavy atom. The predicted octanol–water partition coefficient (Wildman–Crippen LogP) is 3.36. The molecule has 1 spiro atoms. The number of hydrogen-bond donors (Lipinski definition) is 2. The maximum atomic E-state index is 12.4. The molecule has 1 aromatic rings. The maximum absolute atomic E-state index is 12.4. The van der Waals surface area contributed by atoms with E-state index in [1.807, 2.05) is 38.1 Å². The SMILES string of the molecule is CC(C)OCc1ccc(NC(=O)C2CC23CCNCC3)cc1.Cl. The van der Waals surface area contributed by atoms with Crippen molar-refractivity contribution in [3.05, 3.63) is 29.8 Å². The fourth-order valence-electron chi connectivity index (χ4n) is 3.37. The average molecular weight is 339 g/mol. The first-order valence-electron chi connectivity index (χ1n) is 8.31. The molecule has 2 aliphatic rings. The standard InChI is InChI=1S/C18H26N2O2.ClH/c1-13(2)22-12-14-3-5-15(6-4-14)20-17(21)16-11-18(16)7-9-19-10-8-18;/h3-6,13,16,19H,7-12H2,1-2H3,(H,20,21);1H. The summed E-state index contributed by atoms with van der Waals surface area (Å²) < 4.78 is 5.58. The van der Waals surface area contributed by atoms with Crippen molar-refractivity contribution >= 4 is 24.0 Å². The van der Waals surface area contributed by atoms with E-state index in [1.54, 1.807) is 0 Å². The van der Waals surface area contributed by atoms with Gasteiger partial charge in [-0.05, 0) is 69.3 Å². The van der Waals surface area contributed by atoms with Crippen molar-refractivity contribution in [2.75, 3.05) is 18.4 Å². The summed E-state index contributed by atoms with van der Waals surface area (Å²) in [5.41, 5.74) is 2.31. The lowest BCUT2D eigenvalue weighted by Crippen LogP contribution is -2.31. The molecule has 1 aliphatic carbocycles. The summed E-state index contributed by atoms with van der Waals surface area (Å²) in [6.07, 6.45) is 3.56. The van der Waals surface area contributed by atoms with Crippen molar-refractivity contribution in [3.8, 4) is 0 Å². The minimum absolute atomic E-state index is 0. The number of rotatable bonds is 5. The lowest BCUT2D eigenvalue weighted by Gasteiger charge is -2.23. The number of carbonyl (C=O) groups is 1. The molecule has 1 saturated heterocycles. The van der Waals surface area contributed by atoms with E-state index >= 15 is 0 Å². The molecule has 1 unspecified atom stereocenters. The van der Waals surface area contributed by atoms with Gasteiger partial charge in [-0.15, -0.1) is 12.4 Å². The van der Waals surface area contributed by atoms with Crippen molar-refractivity contribution in [2.45, 2.75) is 45.8 Å². The molecule has 1 aliphatic heterocycles. The molecular formula is C18H27ClN2O2. The van der Waals surface area contributed by atoms with Crippen LogP contribution in [-0.4, -0.2) is 25.1 Å². The lowest BCUT2D eigenvalue weighted by molar-refractivity contribution is -0.118. The van der Waals surface area contributed by atoms with Gasteiger partial charge in [0.25, 0.3) is 0 Å². The molecule has 2 N–H and O–H groups in total. The second-order valence-corrected chi connectivity index (χ2v) is 6.92. The molecule has 1 aromatic carbocycles. The third-order valence-electron chi connectivity index (χ3n) is 4.91. The Kier molecular flexibility index (Phi) is 6.06. The second kappa shape index (κ2) is 7.65. The van der Waals surface area contributed by atoms with Crippen LogP contribution in [0.5, 0.6) is 0 Å². The smallest absolute Gasteiger partial charge is 0.228 e. The van der Waals surface area contributed by atoms with Gasteiger partial charge in [-0.2, -0.15) is 0 Å². The molecule has 0 radical (unpaired) electrons. The summed E-state index contributed by atoms with van der Waals surface area (Å²) >= 11 is 0. The van der Waals surface area contributed by atoms with Crippen molar-refractivity contribution in [1.29, 1.82) is 0 Å². The zero-order valence-electron chi connectivity index (χ0n) is 13.9. The number of piperidine rings is 1. The van der Waals surface area contributed by atoms with Gasteiger partial charge in [0.2, 0.25) is 5.91 Å². The molecule has 1 heterocycles. The topological polar surface area (TPSA) is 50.4 Å². The van der Waals surface area contributed by atoms with Crippen LogP contribution in [0.3, 0.4) is 0 Å². The first-order chi connectivity index (χ1) is 10.6. The summed E-state index contributed by atoms with van der Waals surface area (Å²) in [5.74, 6) is 0.395. The summed E-state index contributed by atoms with van der Waals surface area (Å²) in [6, 6.07) is 7.97. The highest BCUT2D eigenvalue weighted by Crippen LogP contribution is 2.58. The monoisotopic (exact) mass is 338 g/mol. The minimum Gasteiger partial charge on any atom is -0.374 e. The number of carbonyl (C=O) groups excluding carboxylic acids is 1. The molecule has 0 bridgehead atoms. The van der Waals surface area contributed by atoms with Crippen molar-refractivity contribution in [3.63, 3.8) is 0 Å². The molecule has 128 valence electrons. The Hall–Kier alpha value is -1.10. The van der Waals surface area contributed by atoms with Gasteiger partial charge in [-0.25, -0.2) is 0 Å². The summed E-state index contributed by atoms with van der Waals surface area (Å²) in [4.78, 5) is 12.4. The van der Waals surface area contributed by atoms with E-state index in [0.717, 1.165) is 43.6 Å². The van der Waals surface area contributed by atoms with Crippen LogP contribution in [0.2, 0.25) is 0 Å². The molecule has 4 nitrogen and oxygen atoms in total. The average Bonchev–Trinajstić information content (AvgIpc) is 3.20. The van der Waals surface area contributed by atoms with Gasteiger partial charge in [0, 0.05) is 11.6 Å². The number of halogens is 1. The number of amides is 1. The van der Waals surface area contributed by atoms with Crippen LogP contribution in [0.15, 0.2) is 24.3 Å². The molecule has 5 heteroatoms. The van der Waals surface area contributed by atoms with Crippen LogP contribution in [0.1, 0.15) is 38.7 Å². The Morgan fingerprint density at radius 2 is 1.96 bits per heavy atom. The molecule has 1 saturated carbocycles. The van der Waals surface area contributed by atoms with Crippen LogP contribution >= 0.6 is 12.4 Å². The van der Waals surface area contributed by atoms with Crippen LogP contribution < -0.4 is 10.6 Å². The summed E-state index contributed by atoms with van der Waals surface area (Å²) in [6.45, 7) is 6.77. The highest BCUT2D eigenvalue weighted by atomic mass is 35.5. The van der Waals surface area contributed by atoms with E-state index in [4.69, 9.17) is 4.74 Å². The van der Waals surface area contributed by atoms with E-state index in [1.165, 1.54) is 0 Å². The van der Waals surface area contributed by atoms with Gasteiger partial charge in [-0.3, -0.25) is 4.79 Å². The van der Waals surface area contributed by atoms with Gasteiger partial charge >= 0.3 is 0 Å². The molecule has 1 atom stereocenters. The number of anilines is 1. The van der Waals surface area contributed by atoms with Crippen LogP contribution in [0.4, 0.5) is 5.69 Å². The van der Waals surface area contributed by atoms with E-state index in [9.17, 15) is 4.79 Å². The third kappa shape index (κ3) is 4.46. The lowest BCUT2D eigenvalue weighted by atomic mass is 9.92. The van der Waals surface area contributed by atoms with Crippen molar-refractivity contribution in [1.82, 2.24) is 5.32 Å². The molecule has 1 amide bonds. The van der Waals surface area contributed by atoms with E-state index in [0.29, 0.717) is 12.0 Å². The molecule has 2 fully saturated rings. The largest absolute Gasteiger partial charge is 0.374 e. The highest BCUT2D eigenvalue weighted by Gasteiger charge is 2.57. The first kappa shape index (κ1) is 18.2. The van der Waals surface area contributed by atoms with Crippen LogP contribution in [-0.2, 0) is 16.1 Å². The van der Waals surface area contributed by atoms with E-state index in [2.05, 4.69) is 10.6 Å². The van der Waals surface area contributed by atoms with Gasteiger partial charge in [0.1, 0.15) is 0 Å². The van der Waals surface area contributed by atoms with Gasteiger partial charge in [0.05, 0.1) is 12.7 Å². The van der Waals surface area contributed by atoms with Crippen LogP contribution in [0.25, 0.3) is 0 Å². The van der Waals surface area contributed by atoms with Gasteiger partial charge in [-0.1, -0.05) is 12.1 Å². The Morgan fingerprint density at radius 3 is 2.57 bits per heavy atom. The van der Waals surface area contributed by atoms with Crippen molar-refractivity contribution in [2.24, 2.45) is 11.3 Å². The molecule has 0 aromatic heterocycles. The first-order valence-corrected chi connectivity index (χ1v) is 8.31. The van der Waals surface area contributed by atoms with Crippen molar-refractivity contribution < 1.29 is 9.53 Å². The van der Waals surface area contributed by atoms with E-state index in [-0.39, 0.29) is 30.3 Å². The summed E-state index contributed by atoms with van der Waals surface area (Å²) in [5, 5.41) is 6.44. The van der Waals surface area contributed by atoms with Gasteiger partial charge < -0.3 is 15.4 Å². The van der Waals surface area contributed by atoms with Crippen LogP contribution in [0, 0.1) is 11.3 Å². The zero-order chi connectivity index (χ0) is 15.6. The van der Waals surface area contributed by atoms with E-state index < -0.39 is 0 Å². The molecular weight excluding hydrogens is 312 g/mol. The molecule has 23 heavy (non-hydrogen) atoms. The minimum atomic E-state index is 0. The Balaban J connectivity index is 0.00000192. The quantitative estimate of drug-likeness (QED) is 0.865. The normalized spacial score (nSPS) is 21.8. The fourth-order valence-corrected chi connectivity index (χ4v) is 3.37. The number of ether oxygens (including phenoxy) is 1.